The lowest BCUT2D eigenvalue weighted by Gasteiger charge is -2.29. The molecule has 0 saturated carbocycles. The first-order valence-electron chi connectivity index (χ1n) is 11.4. The van der Waals surface area contributed by atoms with Gasteiger partial charge in [0.1, 0.15) is 11.8 Å². The largest absolute Gasteiger partial charge is 0.492 e. The molecule has 3 aromatic rings. The summed E-state index contributed by atoms with van der Waals surface area (Å²) < 4.78 is 7.25. The first-order valence-corrected chi connectivity index (χ1v) is 12.4. The van der Waals surface area contributed by atoms with E-state index in [0.717, 1.165) is 12.2 Å². The Balaban J connectivity index is 1.81. The molecule has 182 valence electrons. The number of nitrogens with zero attached hydrogens (tertiary/aromatic N) is 3. The average Bonchev–Trinajstić information content (AvgIpc) is 3.25. The Kier molecular flexibility index (Phi) is 7.40. The highest BCUT2D eigenvalue weighted by Gasteiger charge is 2.36. The quantitative estimate of drug-likeness (QED) is 0.364. The minimum atomic E-state index is -1.08. The average molecular weight is 494 g/mol. The van der Waals surface area contributed by atoms with E-state index in [9.17, 15) is 14.7 Å². The molecule has 2 heterocycles. The first-order chi connectivity index (χ1) is 16.9. The van der Waals surface area contributed by atoms with Crippen molar-refractivity contribution in [1.29, 1.82) is 0 Å². The van der Waals surface area contributed by atoms with Gasteiger partial charge in [0.25, 0.3) is 5.91 Å². The number of rotatable bonds is 9. The monoisotopic (exact) mass is 493 g/mol. The van der Waals surface area contributed by atoms with E-state index in [1.807, 2.05) is 19.1 Å². The van der Waals surface area contributed by atoms with Gasteiger partial charge in [0.2, 0.25) is 11.1 Å². The van der Waals surface area contributed by atoms with Crippen LogP contribution in [0.15, 0.2) is 65.0 Å². The highest BCUT2D eigenvalue weighted by molar-refractivity contribution is 7.99. The molecule has 9 nitrogen and oxygen atoms in total. The number of allylic oxidation sites excluding steroid dienone is 1. The predicted molar refractivity (Wildman–Crippen MR) is 135 cm³/mol. The number of hydrogen-bond acceptors (Lipinski definition) is 7. The van der Waals surface area contributed by atoms with Crippen LogP contribution >= 0.6 is 11.8 Å². The van der Waals surface area contributed by atoms with Crippen LogP contribution in [0.25, 0.3) is 0 Å². The molecular weight excluding hydrogens is 466 g/mol. The van der Waals surface area contributed by atoms with Gasteiger partial charge in [0, 0.05) is 11.4 Å². The molecule has 2 aromatic carbocycles. The third-order valence-corrected chi connectivity index (χ3v) is 6.48. The molecule has 1 aromatic heterocycles. The van der Waals surface area contributed by atoms with Crippen LogP contribution in [0.4, 0.5) is 11.6 Å². The summed E-state index contributed by atoms with van der Waals surface area (Å²) in [6.45, 7) is 6.17. The Bertz CT molecular complexity index is 1290. The summed E-state index contributed by atoms with van der Waals surface area (Å²) in [5, 5.41) is 21.2. The zero-order valence-electron chi connectivity index (χ0n) is 19.7. The minimum absolute atomic E-state index is 0.0939. The van der Waals surface area contributed by atoms with Gasteiger partial charge in [-0.1, -0.05) is 49.0 Å². The Labute approximate surface area is 207 Å². The number of carbonyl (C=O) groups excluding carboxylic acids is 1. The lowest BCUT2D eigenvalue weighted by atomic mass is 9.91. The highest BCUT2D eigenvalue weighted by atomic mass is 32.2. The van der Waals surface area contributed by atoms with Gasteiger partial charge in [-0.15, -0.1) is 5.10 Å². The number of ether oxygens (including phenoxy) is 1. The number of anilines is 2. The van der Waals surface area contributed by atoms with E-state index >= 15 is 0 Å². The molecule has 1 aliphatic heterocycles. The number of carboxylic acid groups (broad SMARTS) is 1. The van der Waals surface area contributed by atoms with Crippen molar-refractivity contribution < 1.29 is 19.4 Å². The number of aromatic nitrogens is 3. The molecule has 0 spiro atoms. The van der Waals surface area contributed by atoms with Gasteiger partial charge in [-0.2, -0.15) is 4.98 Å². The second-order valence-corrected chi connectivity index (χ2v) is 8.91. The standard InChI is InChI=1S/C25H27N5O4S/c1-4-14-35-25-28-24-26-15(3)20(22(31)27-18-12-8-9-13-19(18)34-5-2)21(30(24)29-25)16-10-6-7-11-17(16)23(32)33/h6-13,21H,4-5,14H2,1-3H3,(H,27,31)(H,32,33)(H,26,28,29). The molecule has 0 saturated heterocycles. The van der Waals surface area contributed by atoms with E-state index < -0.39 is 17.9 Å². The normalized spacial score (nSPS) is 14.8. The summed E-state index contributed by atoms with van der Waals surface area (Å²) in [4.78, 5) is 30.4. The molecule has 35 heavy (non-hydrogen) atoms. The fraction of sp³-hybridized carbons (Fsp3) is 0.280. The van der Waals surface area contributed by atoms with Crippen LogP contribution in [0.3, 0.4) is 0 Å². The molecule has 3 N–H and O–H groups in total. The van der Waals surface area contributed by atoms with Gasteiger partial charge >= 0.3 is 5.97 Å². The van der Waals surface area contributed by atoms with E-state index in [-0.39, 0.29) is 5.56 Å². The van der Waals surface area contributed by atoms with Gasteiger partial charge in [-0.05, 0) is 44.0 Å². The van der Waals surface area contributed by atoms with E-state index in [1.54, 1.807) is 41.9 Å². The molecule has 1 atom stereocenters. The molecule has 4 rings (SSSR count). The van der Waals surface area contributed by atoms with Crippen LogP contribution in [0.2, 0.25) is 0 Å². The summed E-state index contributed by atoms with van der Waals surface area (Å²) in [6, 6.07) is 13.0. The molecule has 0 aliphatic carbocycles. The molecule has 1 aliphatic rings. The van der Waals surface area contributed by atoms with Crippen LogP contribution in [-0.4, -0.2) is 44.1 Å². The number of carboxylic acids is 1. The Morgan fingerprint density at radius 1 is 1.17 bits per heavy atom. The Morgan fingerprint density at radius 3 is 2.66 bits per heavy atom. The van der Waals surface area contributed by atoms with E-state index in [2.05, 4.69) is 27.6 Å². The number of thioether (sulfide) groups is 1. The molecular formula is C25H27N5O4S. The predicted octanol–water partition coefficient (Wildman–Crippen LogP) is 4.80. The summed E-state index contributed by atoms with van der Waals surface area (Å²) >= 11 is 1.51. The summed E-state index contributed by atoms with van der Waals surface area (Å²) in [5.74, 6) is 0.371. The van der Waals surface area contributed by atoms with Crippen LogP contribution in [0.1, 0.15) is 49.2 Å². The number of hydrogen-bond donors (Lipinski definition) is 3. The van der Waals surface area contributed by atoms with Crippen molar-refractivity contribution in [2.75, 3.05) is 23.0 Å². The van der Waals surface area contributed by atoms with Crippen LogP contribution < -0.4 is 15.4 Å². The van der Waals surface area contributed by atoms with Crippen molar-refractivity contribution in [1.82, 2.24) is 14.8 Å². The maximum Gasteiger partial charge on any atom is 0.336 e. The van der Waals surface area contributed by atoms with Crippen molar-refractivity contribution in [3.05, 3.63) is 70.9 Å². The smallest absolute Gasteiger partial charge is 0.336 e. The number of benzene rings is 2. The van der Waals surface area contributed by atoms with Gasteiger partial charge in [0.15, 0.2) is 0 Å². The summed E-state index contributed by atoms with van der Waals surface area (Å²) in [7, 11) is 0. The van der Waals surface area contributed by atoms with Crippen molar-refractivity contribution in [3.63, 3.8) is 0 Å². The molecule has 1 amide bonds. The zero-order chi connectivity index (χ0) is 24.9. The lowest BCUT2D eigenvalue weighted by molar-refractivity contribution is -0.113. The second kappa shape index (κ2) is 10.6. The minimum Gasteiger partial charge on any atom is -0.492 e. The highest BCUT2D eigenvalue weighted by Crippen LogP contribution is 2.38. The van der Waals surface area contributed by atoms with Crippen molar-refractivity contribution in [3.8, 4) is 5.75 Å². The number of nitrogens with one attached hydrogen (secondary N) is 2. The molecule has 1 unspecified atom stereocenters. The van der Waals surface area contributed by atoms with Gasteiger partial charge in [-0.3, -0.25) is 4.79 Å². The van der Waals surface area contributed by atoms with Crippen molar-refractivity contribution >= 4 is 35.3 Å². The maximum atomic E-state index is 13.7. The van der Waals surface area contributed by atoms with Crippen LogP contribution in [0, 0.1) is 0 Å². The fourth-order valence-electron chi connectivity index (χ4n) is 3.94. The Hall–Kier alpha value is -3.79. The molecule has 0 bridgehead atoms. The topological polar surface area (TPSA) is 118 Å². The van der Waals surface area contributed by atoms with Crippen LogP contribution in [0.5, 0.6) is 5.75 Å². The summed E-state index contributed by atoms with van der Waals surface area (Å²) in [5.41, 5.74) is 1.97. The van der Waals surface area contributed by atoms with Gasteiger partial charge in [0.05, 0.1) is 23.4 Å². The zero-order valence-corrected chi connectivity index (χ0v) is 20.6. The summed E-state index contributed by atoms with van der Waals surface area (Å²) in [6.07, 6.45) is 0.956. The third kappa shape index (κ3) is 5.02. The number of para-hydroxylation sites is 2. The maximum absolute atomic E-state index is 13.7. The first kappa shape index (κ1) is 24.3. The number of amides is 1. The number of carbonyl (C=O) groups is 2. The molecule has 10 heteroatoms. The van der Waals surface area contributed by atoms with E-state index in [4.69, 9.17) is 4.74 Å². The molecule has 0 fully saturated rings. The van der Waals surface area contributed by atoms with Crippen LogP contribution in [-0.2, 0) is 4.79 Å². The van der Waals surface area contributed by atoms with Gasteiger partial charge in [-0.25, -0.2) is 9.48 Å². The second-order valence-electron chi connectivity index (χ2n) is 7.85. The van der Waals surface area contributed by atoms with E-state index in [0.29, 0.717) is 46.0 Å². The molecule has 0 radical (unpaired) electrons. The number of fused-ring (bicyclic) bond motifs is 1. The Morgan fingerprint density at radius 2 is 1.91 bits per heavy atom. The van der Waals surface area contributed by atoms with E-state index in [1.165, 1.54) is 17.8 Å². The van der Waals surface area contributed by atoms with Gasteiger partial charge < -0.3 is 20.5 Å². The lowest BCUT2D eigenvalue weighted by Crippen LogP contribution is -2.32. The fourth-order valence-corrected chi connectivity index (χ4v) is 4.62. The number of aromatic carboxylic acids is 1. The third-order valence-electron chi connectivity index (χ3n) is 5.43. The SMILES string of the molecule is CCCSc1nc2n(n1)C(c1ccccc1C(=O)O)C(C(=O)Nc1ccccc1OCC)=C(C)N2. The van der Waals surface area contributed by atoms with Crippen molar-refractivity contribution in [2.24, 2.45) is 0 Å². The van der Waals surface area contributed by atoms with Crippen molar-refractivity contribution in [2.45, 2.75) is 38.4 Å².